The van der Waals surface area contributed by atoms with E-state index in [1.807, 2.05) is 0 Å². The molecule has 1 rings (SSSR count). The fraction of sp³-hybridized carbons (Fsp3) is 0.300. The van der Waals surface area contributed by atoms with E-state index in [2.05, 4.69) is 36.3 Å². The summed E-state index contributed by atoms with van der Waals surface area (Å²) in [5, 5.41) is 11.2. The summed E-state index contributed by atoms with van der Waals surface area (Å²) in [5.74, 6) is 1.11. The molecule has 0 radical (unpaired) electrons. The van der Waals surface area contributed by atoms with Crippen LogP contribution in [-0.2, 0) is 0 Å². The van der Waals surface area contributed by atoms with Crippen LogP contribution in [0.2, 0.25) is 0 Å². The van der Waals surface area contributed by atoms with Gasteiger partial charge in [0, 0.05) is 17.1 Å². The van der Waals surface area contributed by atoms with Gasteiger partial charge in [0.1, 0.15) is 5.84 Å². The highest BCUT2D eigenvalue weighted by Gasteiger charge is 1.96. The lowest BCUT2D eigenvalue weighted by Crippen LogP contribution is -2.11. The number of benzene rings is 1. The molecule has 0 aromatic heterocycles. The Morgan fingerprint density at radius 1 is 1.43 bits per heavy atom. The fourth-order valence-corrected chi connectivity index (χ4v) is 1.83. The Kier molecular flexibility index (Phi) is 4.32. The van der Waals surface area contributed by atoms with Crippen LogP contribution in [0.3, 0.4) is 0 Å². The van der Waals surface area contributed by atoms with Crippen LogP contribution in [0, 0.1) is 6.92 Å². The zero-order chi connectivity index (χ0) is 10.4. The number of hydrogen-bond acceptors (Lipinski definition) is 3. The Balaban J connectivity index is 2.35. The van der Waals surface area contributed by atoms with Gasteiger partial charge in [-0.1, -0.05) is 22.9 Å². The lowest BCUT2D eigenvalue weighted by Gasteiger charge is -2.01. The number of aryl methyl sites for hydroxylation is 1. The number of rotatable bonds is 4. The van der Waals surface area contributed by atoms with Crippen molar-refractivity contribution in [2.75, 3.05) is 5.75 Å². The number of oxime groups is 1. The van der Waals surface area contributed by atoms with Gasteiger partial charge in [-0.05, 0) is 19.1 Å². The van der Waals surface area contributed by atoms with Crippen LogP contribution in [-0.4, -0.2) is 16.8 Å². The molecule has 1 aromatic carbocycles. The van der Waals surface area contributed by atoms with E-state index in [0.717, 1.165) is 5.75 Å². The Morgan fingerprint density at radius 3 is 2.64 bits per heavy atom. The monoisotopic (exact) mass is 210 g/mol. The summed E-state index contributed by atoms with van der Waals surface area (Å²) in [6.45, 7) is 2.06. The van der Waals surface area contributed by atoms with E-state index in [0.29, 0.717) is 6.42 Å². The molecule has 0 heterocycles. The summed E-state index contributed by atoms with van der Waals surface area (Å²) in [6, 6.07) is 8.30. The predicted molar refractivity (Wildman–Crippen MR) is 59.9 cm³/mol. The van der Waals surface area contributed by atoms with Crippen molar-refractivity contribution in [3.05, 3.63) is 29.8 Å². The van der Waals surface area contributed by atoms with Crippen molar-refractivity contribution in [1.82, 2.24) is 0 Å². The number of nitrogens with two attached hydrogens (primary N) is 1. The lowest BCUT2D eigenvalue weighted by atomic mass is 10.2. The van der Waals surface area contributed by atoms with Crippen LogP contribution < -0.4 is 5.73 Å². The third-order valence-corrected chi connectivity index (χ3v) is 2.79. The van der Waals surface area contributed by atoms with Gasteiger partial charge in [0.05, 0.1) is 0 Å². The Hall–Kier alpha value is -1.16. The van der Waals surface area contributed by atoms with E-state index >= 15 is 0 Å². The van der Waals surface area contributed by atoms with E-state index < -0.39 is 0 Å². The van der Waals surface area contributed by atoms with E-state index in [-0.39, 0.29) is 5.84 Å². The first-order valence-electron chi connectivity index (χ1n) is 4.38. The average molecular weight is 210 g/mol. The maximum atomic E-state index is 8.32. The second-order valence-electron chi connectivity index (χ2n) is 3.00. The Morgan fingerprint density at radius 2 is 2.07 bits per heavy atom. The summed E-state index contributed by atoms with van der Waals surface area (Å²) in [7, 11) is 0. The van der Waals surface area contributed by atoms with Crippen molar-refractivity contribution in [1.29, 1.82) is 0 Å². The highest BCUT2D eigenvalue weighted by molar-refractivity contribution is 7.99. The molecule has 14 heavy (non-hydrogen) atoms. The van der Waals surface area contributed by atoms with Gasteiger partial charge in [-0.3, -0.25) is 0 Å². The molecule has 3 nitrogen and oxygen atoms in total. The molecule has 0 aliphatic heterocycles. The highest BCUT2D eigenvalue weighted by atomic mass is 32.2. The molecule has 0 aliphatic rings. The van der Waals surface area contributed by atoms with Gasteiger partial charge < -0.3 is 10.9 Å². The first kappa shape index (κ1) is 10.9. The van der Waals surface area contributed by atoms with Gasteiger partial charge in [0.2, 0.25) is 0 Å². The molecule has 0 fully saturated rings. The molecule has 0 saturated carbocycles. The molecule has 0 atom stereocenters. The van der Waals surface area contributed by atoms with E-state index in [4.69, 9.17) is 10.9 Å². The van der Waals surface area contributed by atoms with Gasteiger partial charge >= 0.3 is 0 Å². The highest BCUT2D eigenvalue weighted by Crippen LogP contribution is 2.18. The van der Waals surface area contributed by atoms with Gasteiger partial charge in [-0.25, -0.2) is 0 Å². The average Bonchev–Trinajstić information content (AvgIpc) is 2.21. The molecule has 76 valence electrons. The molecule has 1 aromatic rings. The van der Waals surface area contributed by atoms with E-state index in [1.165, 1.54) is 10.5 Å². The summed E-state index contributed by atoms with van der Waals surface area (Å²) < 4.78 is 0. The maximum Gasteiger partial charge on any atom is 0.139 e. The molecule has 0 unspecified atom stereocenters. The lowest BCUT2D eigenvalue weighted by molar-refractivity contribution is 0.317. The number of amidine groups is 1. The largest absolute Gasteiger partial charge is 0.409 e. The summed E-state index contributed by atoms with van der Waals surface area (Å²) in [6.07, 6.45) is 0.606. The van der Waals surface area contributed by atoms with Gasteiger partial charge in [-0.2, -0.15) is 0 Å². The summed E-state index contributed by atoms with van der Waals surface area (Å²) in [4.78, 5) is 1.21. The fourth-order valence-electron chi connectivity index (χ4n) is 0.958. The molecular weight excluding hydrogens is 196 g/mol. The quantitative estimate of drug-likeness (QED) is 0.263. The Labute approximate surface area is 88.0 Å². The smallest absolute Gasteiger partial charge is 0.139 e. The van der Waals surface area contributed by atoms with Crippen molar-refractivity contribution in [2.24, 2.45) is 10.9 Å². The molecule has 3 N–H and O–H groups in total. The van der Waals surface area contributed by atoms with Crippen molar-refractivity contribution >= 4 is 17.6 Å². The molecule has 0 aliphatic carbocycles. The minimum Gasteiger partial charge on any atom is -0.409 e. The maximum absolute atomic E-state index is 8.32. The van der Waals surface area contributed by atoms with Crippen LogP contribution in [0.1, 0.15) is 12.0 Å². The minimum absolute atomic E-state index is 0.282. The van der Waals surface area contributed by atoms with Crippen LogP contribution in [0.15, 0.2) is 34.3 Å². The van der Waals surface area contributed by atoms with Crippen molar-refractivity contribution in [3.63, 3.8) is 0 Å². The van der Waals surface area contributed by atoms with E-state index in [9.17, 15) is 0 Å². The standard InChI is InChI=1S/C10H14N2OS/c1-8-2-4-9(5-3-8)14-7-6-10(11)12-13/h2-5,13H,6-7H2,1H3,(H2,11,12). The third-order valence-electron chi connectivity index (χ3n) is 1.78. The van der Waals surface area contributed by atoms with Crippen LogP contribution in [0.4, 0.5) is 0 Å². The second kappa shape index (κ2) is 5.54. The van der Waals surface area contributed by atoms with Crippen LogP contribution >= 0.6 is 11.8 Å². The van der Waals surface area contributed by atoms with Crippen molar-refractivity contribution in [2.45, 2.75) is 18.2 Å². The molecule has 4 heteroatoms. The Bertz CT molecular complexity index is 308. The molecule has 0 saturated heterocycles. The zero-order valence-electron chi connectivity index (χ0n) is 8.10. The summed E-state index contributed by atoms with van der Waals surface area (Å²) >= 11 is 1.70. The van der Waals surface area contributed by atoms with Gasteiger partial charge in [0.25, 0.3) is 0 Å². The first-order chi connectivity index (χ1) is 6.72. The number of nitrogens with zero attached hydrogens (tertiary/aromatic N) is 1. The predicted octanol–water partition coefficient (Wildman–Crippen LogP) is 2.22. The molecule has 0 bridgehead atoms. The number of hydrogen-bond donors (Lipinski definition) is 2. The summed E-state index contributed by atoms with van der Waals surface area (Å²) in [5.41, 5.74) is 6.60. The minimum atomic E-state index is 0.282. The molecule has 0 amide bonds. The topological polar surface area (TPSA) is 58.6 Å². The first-order valence-corrected chi connectivity index (χ1v) is 5.37. The third kappa shape index (κ3) is 3.70. The van der Waals surface area contributed by atoms with Crippen LogP contribution in [0.25, 0.3) is 0 Å². The SMILES string of the molecule is Cc1ccc(SCCC(N)=NO)cc1. The second-order valence-corrected chi connectivity index (χ2v) is 4.17. The molecular formula is C10H14N2OS. The van der Waals surface area contributed by atoms with E-state index in [1.54, 1.807) is 11.8 Å². The number of thioether (sulfide) groups is 1. The van der Waals surface area contributed by atoms with Crippen LogP contribution in [0.5, 0.6) is 0 Å². The van der Waals surface area contributed by atoms with Gasteiger partial charge in [0.15, 0.2) is 0 Å². The van der Waals surface area contributed by atoms with Gasteiger partial charge in [-0.15, -0.1) is 11.8 Å². The zero-order valence-corrected chi connectivity index (χ0v) is 8.92. The molecule has 0 spiro atoms. The van der Waals surface area contributed by atoms with Crippen molar-refractivity contribution in [3.8, 4) is 0 Å². The van der Waals surface area contributed by atoms with Crippen molar-refractivity contribution < 1.29 is 5.21 Å². The normalized spacial score (nSPS) is 11.6.